The number of benzene rings is 1. The van der Waals surface area contributed by atoms with Gasteiger partial charge in [-0.15, -0.1) is 0 Å². The molecule has 1 aliphatic rings. The Morgan fingerprint density at radius 1 is 1.26 bits per heavy atom. The highest BCUT2D eigenvalue weighted by molar-refractivity contribution is 7.88. The molecule has 0 amide bonds. The molecule has 1 aromatic carbocycles. The van der Waals surface area contributed by atoms with Crippen molar-refractivity contribution in [1.29, 1.82) is 0 Å². The third-order valence-electron chi connectivity index (χ3n) is 5.32. The molecule has 10 heteroatoms. The number of hydrogen-bond donors (Lipinski definition) is 0. The van der Waals surface area contributed by atoms with Crippen molar-refractivity contribution < 1.29 is 21.9 Å². The Bertz CT molecular complexity index is 1250. The van der Waals surface area contributed by atoms with E-state index in [2.05, 4.69) is 14.7 Å². The second-order valence-corrected chi connectivity index (χ2v) is 9.39. The van der Waals surface area contributed by atoms with E-state index in [4.69, 9.17) is 0 Å². The number of aryl methyl sites for hydroxylation is 1. The number of rotatable bonds is 6. The Kier molecular flexibility index (Phi) is 5.76. The van der Waals surface area contributed by atoms with E-state index in [1.807, 2.05) is 23.6 Å². The van der Waals surface area contributed by atoms with E-state index in [9.17, 15) is 17.2 Å². The number of para-hydroxylation sites is 1. The normalized spacial score (nSPS) is 15.5. The van der Waals surface area contributed by atoms with Crippen molar-refractivity contribution in [3.63, 3.8) is 0 Å². The van der Waals surface area contributed by atoms with E-state index in [1.165, 1.54) is 16.6 Å². The lowest BCUT2D eigenvalue weighted by Gasteiger charge is -2.23. The Hall–Kier alpha value is -2.85. The van der Waals surface area contributed by atoms with E-state index in [1.54, 1.807) is 24.4 Å². The van der Waals surface area contributed by atoms with Gasteiger partial charge in [-0.25, -0.2) is 13.4 Å². The van der Waals surface area contributed by atoms with Crippen LogP contribution in [0, 0.1) is 6.92 Å². The number of ether oxygens (including phenoxy) is 1. The van der Waals surface area contributed by atoms with Crippen LogP contribution in [-0.2, 0) is 16.4 Å². The van der Waals surface area contributed by atoms with Gasteiger partial charge < -0.3 is 9.14 Å². The van der Waals surface area contributed by atoms with Crippen LogP contribution in [0.5, 0.6) is 5.75 Å². The lowest BCUT2D eigenvalue weighted by atomic mass is 10.1. The maximum Gasteiger partial charge on any atom is 0.387 e. The molecule has 0 saturated heterocycles. The number of alkyl halides is 2. The molecule has 4 rings (SSSR count). The molecular formula is C21H22F2N4O3S. The minimum atomic E-state index is -3.23. The summed E-state index contributed by atoms with van der Waals surface area (Å²) in [6.45, 7) is -0.326. The molecule has 0 radical (unpaired) electrons. The summed E-state index contributed by atoms with van der Waals surface area (Å²) in [5.74, 6) is 0.136. The molecule has 0 atom stereocenters. The van der Waals surface area contributed by atoms with Gasteiger partial charge in [-0.1, -0.05) is 24.3 Å². The zero-order valence-electron chi connectivity index (χ0n) is 17.1. The van der Waals surface area contributed by atoms with E-state index < -0.39 is 16.6 Å². The van der Waals surface area contributed by atoms with Gasteiger partial charge >= 0.3 is 6.61 Å². The summed E-state index contributed by atoms with van der Waals surface area (Å²) in [5, 5.41) is 0. The molecule has 0 saturated carbocycles. The minimum absolute atomic E-state index is 0.136. The van der Waals surface area contributed by atoms with Crippen LogP contribution in [0.15, 0.2) is 42.7 Å². The van der Waals surface area contributed by atoms with Crippen molar-refractivity contribution >= 4 is 21.2 Å². The molecule has 3 aromatic rings. The van der Waals surface area contributed by atoms with Gasteiger partial charge in [0.1, 0.15) is 5.75 Å². The molecule has 2 aromatic heterocycles. The smallest absolute Gasteiger partial charge is 0.387 e. The summed E-state index contributed by atoms with van der Waals surface area (Å²) in [7, 11) is -3.23. The number of hydrogen-bond acceptors (Lipinski definition) is 5. The quantitative estimate of drug-likeness (QED) is 0.579. The molecule has 7 nitrogen and oxygen atoms in total. The standard InChI is InChI=1S/C21H22F2N4O3S/c1-14-18(11-16-5-3-4-6-19(16)30-21(22)23)27-13-17(24-12-20(27)25-14)15-7-9-26(10-8-15)31(2,28)29/h3-7,12-13,21H,8-11H2,1-2H3. The van der Waals surface area contributed by atoms with Crippen LogP contribution in [0.1, 0.15) is 29.1 Å². The molecule has 3 heterocycles. The highest BCUT2D eigenvalue weighted by atomic mass is 32.2. The van der Waals surface area contributed by atoms with E-state index >= 15 is 0 Å². The third kappa shape index (κ3) is 4.59. The fourth-order valence-electron chi connectivity index (χ4n) is 3.73. The second-order valence-electron chi connectivity index (χ2n) is 7.41. The summed E-state index contributed by atoms with van der Waals surface area (Å²) in [6, 6.07) is 6.70. The molecule has 1 aliphatic heterocycles. The lowest BCUT2D eigenvalue weighted by Crippen LogP contribution is -2.33. The van der Waals surface area contributed by atoms with Crippen molar-refractivity contribution in [3.8, 4) is 5.75 Å². The first-order chi connectivity index (χ1) is 14.7. The molecule has 31 heavy (non-hydrogen) atoms. The van der Waals surface area contributed by atoms with Crippen molar-refractivity contribution in [2.24, 2.45) is 0 Å². The van der Waals surface area contributed by atoms with E-state index in [-0.39, 0.29) is 5.75 Å². The monoisotopic (exact) mass is 448 g/mol. The van der Waals surface area contributed by atoms with Crippen molar-refractivity contribution in [3.05, 3.63) is 65.4 Å². The summed E-state index contributed by atoms with van der Waals surface area (Å²) in [5.41, 5.74) is 4.59. The van der Waals surface area contributed by atoms with Crippen molar-refractivity contribution in [1.82, 2.24) is 18.7 Å². The zero-order chi connectivity index (χ0) is 22.2. The number of aromatic nitrogens is 3. The highest BCUT2D eigenvalue weighted by Gasteiger charge is 2.21. The predicted octanol–water partition coefficient (Wildman–Crippen LogP) is 3.28. The number of halogens is 2. The summed E-state index contributed by atoms with van der Waals surface area (Å²) in [4.78, 5) is 9.03. The summed E-state index contributed by atoms with van der Waals surface area (Å²) >= 11 is 0. The summed E-state index contributed by atoms with van der Waals surface area (Å²) in [6.07, 6.45) is 7.51. The number of sulfonamides is 1. The fraction of sp³-hybridized carbons (Fsp3) is 0.333. The van der Waals surface area contributed by atoms with Gasteiger partial charge in [0.15, 0.2) is 5.65 Å². The Morgan fingerprint density at radius 2 is 2.03 bits per heavy atom. The molecule has 0 spiro atoms. The third-order valence-corrected chi connectivity index (χ3v) is 6.59. The van der Waals surface area contributed by atoms with Crippen molar-refractivity contribution in [2.75, 3.05) is 19.3 Å². The van der Waals surface area contributed by atoms with Gasteiger partial charge in [0.25, 0.3) is 0 Å². The van der Waals surface area contributed by atoms with Crippen molar-refractivity contribution in [2.45, 2.75) is 26.4 Å². The second kappa shape index (κ2) is 8.35. The highest BCUT2D eigenvalue weighted by Crippen LogP contribution is 2.27. The number of imidazole rings is 1. The minimum Gasteiger partial charge on any atom is -0.435 e. The Morgan fingerprint density at radius 3 is 2.71 bits per heavy atom. The van der Waals surface area contributed by atoms with Crippen LogP contribution in [0.25, 0.3) is 11.2 Å². The maximum atomic E-state index is 12.8. The molecule has 0 aliphatic carbocycles. The average Bonchev–Trinajstić information content (AvgIpc) is 3.03. The van der Waals surface area contributed by atoms with Crippen LogP contribution in [0.4, 0.5) is 8.78 Å². The van der Waals surface area contributed by atoms with Crippen LogP contribution >= 0.6 is 0 Å². The number of fused-ring (bicyclic) bond motifs is 1. The molecule has 0 N–H and O–H groups in total. The lowest BCUT2D eigenvalue weighted by molar-refractivity contribution is -0.0503. The van der Waals surface area contributed by atoms with Gasteiger partial charge in [-0.3, -0.25) is 4.98 Å². The van der Waals surface area contributed by atoms with E-state index in [0.717, 1.165) is 22.7 Å². The van der Waals surface area contributed by atoms with E-state index in [0.29, 0.717) is 37.1 Å². The molecule has 0 bridgehead atoms. The maximum absolute atomic E-state index is 12.8. The number of nitrogens with zero attached hydrogens (tertiary/aromatic N) is 4. The Balaban J connectivity index is 1.68. The molecule has 164 valence electrons. The van der Waals surface area contributed by atoms with Gasteiger partial charge in [-0.05, 0) is 25.0 Å². The fourth-order valence-corrected chi connectivity index (χ4v) is 4.49. The molecule has 0 fully saturated rings. The SMILES string of the molecule is Cc1nc2cnc(C3=CCN(S(C)(=O)=O)CC3)cn2c1Cc1ccccc1OC(F)F. The Labute approximate surface area is 179 Å². The van der Waals surface area contributed by atoms with Gasteiger partial charge in [0.2, 0.25) is 10.0 Å². The van der Waals surface area contributed by atoms with Gasteiger partial charge in [-0.2, -0.15) is 13.1 Å². The first-order valence-electron chi connectivity index (χ1n) is 9.73. The van der Waals surface area contributed by atoms with Crippen LogP contribution < -0.4 is 4.74 Å². The van der Waals surface area contributed by atoms with Gasteiger partial charge in [0.05, 0.1) is 29.5 Å². The molecule has 0 unspecified atom stereocenters. The van der Waals surface area contributed by atoms with Gasteiger partial charge in [0, 0.05) is 31.3 Å². The molecular weight excluding hydrogens is 426 g/mol. The average molecular weight is 448 g/mol. The predicted molar refractivity (Wildman–Crippen MR) is 113 cm³/mol. The zero-order valence-corrected chi connectivity index (χ0v) is 17.9. The van der Waals surface area contributed by atoms with Crippen LogP contribution in [0.2, 0.25) is 0 Å². The van der Waals surface area contributed by atoms with Crippen LogP contribution in [0.3, 0.4) is 0 Å². The van der Waals surface area contributed by atoms with Crippen LogP contribution in [-0.4, -0.2) is 53.0 Å². The summed E-state index contributed by atoms with van der Waals surface area (Å²) < 4.78 is 57.0. The first-order valence-corrected chi connectivity index (χ1v) is 11.6. The largest absolute Gasteiger partial charge is 0.435 e. The first kappa shape index (κ1) is 21.4. The topological polar surface area (TPSA) is 76.8 Å².